The largest absolute Gasteiger partial charge is 0.466 e. The molecule has 0 spiro atoms. The van der Waals surface area contributed by atoms with Gasteiger partial charge in [-0.05, 0) is 18.9 Å². The molecule has 16 heavy (non-hydrogen) atoms. The summed E-state index contributed by atoms with van der Waals surface area (Å²) >= 11 is 0. The van der Waals surface area contributed by atoms with Crippen LogP contribution in [0.25, 0.3) is 0 Å². The molecule has 0 N–H and O–H groups in total. The van der Waals surface area contributed by atoms with Crippen LogP contribution in [0.4, 0.5) is 0 Å². The maximum atomic E-state index is 11.6. The molecule has 0 bridgehead atoms. The van der Waals surface area contributed by atoms with Gasteiger partial charge >= 0.3 is 5.97 Å². The topological polar surface area (TPSA) is 41.9 Å². The highest BCUT2D eigenvalue weighted by molar-refractivity contribution is 6.23. The fourth-order valence-corrected chi connectivity index (χ4v) is 1.65. The summed E-state index contributed by atoms with van der Waals surface area (Å²) in [4.78, 5) is 11.6. The van der Waals surface area contributed by atoms with Crippen LogP contribution < -0.4 is 0 Å². The number of ether oxygens (including phenoxy) is 1. The minimum Gasteiger partial charge on any atom is -0.466 e. The van der Waals surface area contributed by atoms with Gasteiger partial charge in [-0.15, -0.1) is 0 Å². The fourth-order valence-electron chi connectivity index (χ4n) is 1.65. The van der Waals surface area contributed by atoms with E-state index in [1.54, 1.807) is 29.6 Å². The molecule has 0 fully saturated rings. The molecule has 2 aliphatic rings. The highest BCUT2D eigenvalue weighted by Crippen LogP contribution is 2.24. The number of methoxy groups -OCH3 is 1. The standard InChI is InChI=1S/C11H11BN2O2/c1-16-11(15)9-3-2-6-13-14-7-8(12)4-5-10(9)14/h4-7H,2-3H2,1H3. The molecule has 0 aliphatic carbocycles. The minimum atomic E-state index is -0.316. The summed E-state index contributed by atoms with van der Waals surface area (Å²) in [6, 6.07) is 0. The van der Waals surface area contributed by atoms with Crippen LogP contribution in [0.5, 0.6) is 0 Å². The van der Waals surface area contributed by atoms with Crippen molar-refractivity contribution in [2.24, 2.45) is 5.10 Å². The predicted molar refractivity (Wildman–Crippen MR) is 61.6 cm³/mol. The Morgan fingerprint density at radius 3 is 3.12 bits per heavy atom. The molecule has 0 aromatic heterocycles. The van der Waals surface area contributed by atoms with Gasteiger partial charge in [0.15, 0.2) is 0 Å². The van der Waals surface area contributed by atoms with Crippen molar-refractivity contribution in [2.45, 2.75) is 12.8 Å². The zero-order valence-electron chi connectivity index (χ0n) is 9.01. The number of fused-ring (bicyclic) bond motifs is 1. The van der Waals surface area contributed by atoms with Gasteiger partial charge in [-0.1, -0.05) is 11.5 Å². The van der Waals surface area contributed by atoms with Crippen LogP contribution in [0.15, 0.2) is 40.2 Å². The summed E-state index contributed by atoms with van der Waals surface area (Å²) in [5.74, 6) is -0.316. The third-order valence-corrected chi connectivity index (χ3v) is 2.42. The number of hydrogen-bond acceptors (Lipinski definition) is 4. The summed E-state index contributed by atoms with van der Waals surface area (Å²) in [6.45, 7) is 0. The van der Waals surface area contributed by atoms with Gasteiger partial charge < -0.3 is 4.74 Å². The van der Waals surface area contributed by atoms with E-state index in [-0.39, 0.29) is 5.97 Å². The zero-order chi connectivity index (χ0) is 11.5. The lowest BCUT2D eigenvalue weighted by Crippen LogP contribution is -2.17. The average Bonchev–Trinajstić information content (AvgIpc) is 2.49. The molecule has 0 atom stereocenters. The molecule has 0 unspecified atom stereocenters. The van der Waals surface area contributed by atoms with E-state index in [9.17, 15) is 4.79 Å². The van der Waals surface area contributed by atoms with Gasteiger partial charge in [0.1, 0.15) is 7.85 Å². The lowest BCUT2D eigenvalue weighted by atomic mass is 9.93. The number of rotatable bonds is 1. The molecule has 2 heterocycles. The first-order chi connectivity index (χ1) is 7.72. The van der Waals surface area contributed by atoms with E-state index in [0.29, 0.717) is 23.9 Å². The van der Waals surface area contributed by atoms with Gasteiger partial charge in [0.2, 0.25) is 0 Å². The average molecular weight is 214 g/mol. The normalized spacial score (nSPS) is 19.1. The van der Waals surface area contributed by atoms with Gasteiger partial charge in [0.05, 0.1) is 18.4 Å². The summed E-state index contributed by atoms with van der Waals surface area (Å²) in [5, 5.41) is 5.80. The Morgan fingerprint density at radius 2 is 2.38 bits per heavy atom. The maximum Gasteiger partial charge on any atom is 0.335 e. The Balaban J connectivity index is 2.44. The van der Waals surface area contributed by atoms with Crippen LogP contribution >= 0.6 is 0 Å². The van der Waals surface area contributed by atoms with E-state index >= 15 is 0 Å². The van der Waals surface area contributed by atoms with E-state index < -0.39 is 0 Å². The highest BCUT2D eigenvalue weighted by Gasteiger charge is 2.21. The zero-order valence-corrected chi connectivity index (χ0v) is 9.01. The Bertz CT molecular complexity index is 435. The van der Waals surface area contributed by atoms with Crippen LogP contribution in [0.1, 0.15) is 12.8 Å². The van der Waals surface area contributed by atoms with Crippen LogP contribution in [-0.4, -0.2) is 32.1 Å². The summed E-state index contributed by atoms with van der Waals surface area (Å²) in [7, 11) is 7.04. The van der Waals surface area contributed by atoms with Crippen molar-refractivity contribution < 1.29 is 9.53 Å². The van der Waals surface area contributed by atoms with Crippen LogP contribution in [0.2, 0.25) is 0 Å². The van der Waals surface area contributed by atoms with Crippen molar-refractivity contribution in [3.05, 3.63) is 35.1 Å². The molecule has 0 aromatic carbocycles. The first kappa shape index (κ1) is 10.7. The lowest BCUT2D eigenvalue weighted by Gasteiger charge is -2.21. The van der Waals surface area contributed by atoms with Crippen molar-refractivity contribution in [1.82, 2.24) is 5.01 Å². The second kappa shape index (κ2) is 4.39. The summed E-state index contributed by atoms with van der Waals surface area (Å²) < 4.78 is 4.76. The number of hydrogen-bond donors (Lipinski definition) is 0. The number of hydrazone groups is 1. The van der Waals surface area contributed by atoms with Gasteiger partial charge in [0.25, 0.3) is 0 Å². The molecule has 2 aliphatic heterocycles. The summed E-state index contributed by atoms with van der Waals surface area (Å²) in [5.41, 5.74) is 1.96. The number of esters is 1. The van der Waals surface area contributed by atoms with Crippen molar-refractivity contribution in [2.75, 3.05) is 7.11 Å². The van der Waals surface area contributed by atoms with Crippen LogP contribution in [0, 0.1) is 0 Å². The fraction of sp³-hybridized carbons (Fsp3) is 0.273. The molecule has 0 amide bonds. The maximum absolute atomic E-state index is 11.6. The van der Waals surface area contributed by atoms with Crippen molar-refractivity contribution in [3.63, 3.8) is 0 Å². The number of carbonyl (C=O) groups is 1. The monoisotopic (exact) mass is 214 g/mol. The third-order valence-electron chi connectivity index (χ3n) is 2.42. The molecular weight excluding hydrogens is 203 g/mol. The van der Waals surface area contributed by atoms with E-state index in [1.165, 1.54) is 7.11 Å². The Kier molecular flexibility index (Phi) is 2.94. The second-order valence-electron chi connectivity index (χ2n) is 3.50. The molecule has 5 heteroatoms. The molecule has 2 rings (SSSR count). The number of nitrogens with zero attached hydrogens (tertiary/aromatic N) is 2. The third kappa shape index (κ3) is 1.93. The molecule has 80 valence electrons. The highest BCUT2D eigenvalue weighted by atomic mass is 16.5. The Morgan fingerprint density at radius 1 is 1.56 bits per heavy atom. The van der Waals surface area contributed by atoms with Gasteiger partial charge in [-0.2, -0.15) is 5.10 Å². The predicted octanol–water partition coefficient (Wildman–Crippen LogP) is 1.07. The van der Waals surface area contributed by atoms with Gasteiger partial charge in [-0.25, -0.2) is 9.80 Å². The van der Waals surface area contributed by atoms with E-state index in [1.807, 2.05) is 0 Å². The SMILES string of the molecule is [B]C1=CN2N=CCCC(C(=O)OC)=C2C=C1. The molecule has 0 saturated heterocycles. The number of carbonyl (C=O) groups excluding carboxylic acids is 1. The van der Waals surface area contributed by atoms with Crippen molar-refractivity contribution in [1.29, 1.82) is 0 Å². The van der Waals surface area contributed by atoms with Crippen molar-refractivity contribution >= 4 is 20.0 Å². The van der Waals surface area contributed by atoms with Crippen LogP contribution in [0.3, 0.4) is 0 Å². The Hall–Kier alpha value is -1.78. The lowest BCUT2D eigenvalue weighted by molar-refractivity contribution is -0.136. The van der Waals surface area contributed by atoms with Crippen LogP contribution in [-0.2, 0) is 9.53 Å². The quantitative estimate of drug-likeness (QED) is 0.484. The molecule has 4 nitrogen and oxygen atoms in total. The Labute approximate surface area is 95.4 Å². The number of allylic oxidation sites excluding steroid dienone is 3. The molecule has 2 radical (unpaired) electrons. The van der Waals surface area contributed by atoms with Gasteiger partial charge in [-0.3, -0.25) is 0 Å². The van der Waals surface area contributed by atoms with E-state index in [4.69, 9.17) is 12.6 Å². The first-order valence-electron chi connectivity index (χ1n) is 5.01. The van der Waals surface area contributed by atoms with Crippen molar-refractivity contribution in [3.8, 4) is 0 Å². The first-order valence-corrected chi connectivity index (χ1v) is 5.01. The molecular formula is C11H11BN2O2. The van der Waals surface area contributed by atoms with E-state index in [2.05, 4.69) is 5.10 Å². The summed E-state index contributed by atoms with van der Waals surface area (Å²) in [6.07, 6.45) is 8.31. The minimum absolute atomic E-state index is 0.316. The molecule has 0 aromatic rings. The second-order valence-corrected chi connectivity index (χ2v) is 3.50. The smallest absolute Gasteiger partial charge is 0.335 e. The van der Waals surface area contributed by atoms with E-state index in [0.717, 1.165) is 5.70 Å². The van der Waals surface area contributed by atoms with Gasteiger partial charge in [0, 0.05) is 12.4 Å². The molecule has 0 saturated carbocycles.